The molecule has 0 saturated heterocycles. The van der Waals surface area contributed by atoms with Crippen LogP contribution in [0.2, 0.25) is 0 Å². The molecule has 6 heteroatoms. The SMILES string of the molecule is CN(C)c1ccc([C@H](O)CNS(=O)(=O)c2ccc3c(c2)CCCC3)cc1. The van der Waals surface area contributed by atoms with E-state index in [0.717, 1.165) is 36.9 Å². The first-order valence-corrected chi connectivity index (χ1v) is 10.4. The molecule has 0 saturated carbocycles. The number of nitrogens with one attached hydrogen (secondary N) is 1. The lowest BCUT2D eigenvalue weighted by Crippen LogP contribution is -2.28. The van der Waals surface area contributed by atoms with E-state index in [1.165, 1.54) is 5.56 Å². The molecule has 2 aromatic rings. The van der Waals surface area contributed by atoms with Crippen molar-refractivity contribution in [2.45, 2.75) is 36.7 Å². The number of fused-ring (bicyclic) bond motifs is 1. The summed E-state index contributed by atoms with van der Waals surface area (Å²) in [4.78, 5) is 2.24. The molecule has 0 bridgehead atoms. The Hall–Kier alpha value is -1.89. The van der Waals surface area contributed by atoms with Gasteiger partial charge >= 0.3 is 0 Å². The van der Waals surface area contributed by atoms with E-state index in [2.05, 4.69) is 4.72 Å². The number of rotatable bonds is 6. The number of hydrogen-bond donors (Lipinski definition) is 2. The van der Waals surface area contributed by atoms with E-state index in [0.29, 0.717) is 5.56 Å². The summed E-state index contributed by atoms with van der Waals surface area (Å²) in [5.41, 5.74) is 4.08. The third-order valence-corrected chi connectivity index (χ3v) is 6.31. The second kappa shape index (κ2) is 7.78. The molecular weight excluding hydrogens is 348 g/mol. The minimum absolute atomic E-state index is 0.0548. The highest BCUT2D eigenvalue weighted by molar-refractivity contribution is 7.89. The molecule has 5 nitrogen and oxygen atoms in total. The number of aryl methyl sites for hydroxylation is 2. The monoisotopic (exact) mass is 374 g/mol. The van der Waals surface area contributed by atoms with Crippen LogP contribution in [0.1, 0.15) is 35.6 Å². The average molecular weight is 375 g/mol. The van der Waals surface area contributed by atoms with Gasteiger partial charge in [-0.1, -0.05) is 18.2 Å². The molecule has 2 aromatic carbocycles. The van der Waals surface area contributed by atoms with Crippen molar-refractivity contribution >= 4 is 15.7 Å². The van der Waals surface area contributed by atoms with Crippen molar-refractivity contribution in [3.63, 3.8) is 0 Å². The first-order valence-electron chi connectivity index (χ1n) is 8.93. The topological polar surface area (TPSA) is 69.6 Å². The summed E-state index contributed by atoms with van der Waals surface area (Å²) in [5.74, 6) is 0. The van der Waals surface area contributed by atoms with E-state index in [1.54, 1.807) is 12.1 Å². The zero-order chi connectivity index (χ0) is 18.7. The third-order valence-electron chi connectivity index (χ3n) is 4.89. The van der Waals surface area contributed by atoms with Crippen molar-refractivity contribution in [2.24, 2.45) is 0 Å². The van der Waals surface area contributed by atoms with Crippen LogP contribution in [0.3, 0.4) is 0 Å². The number of nitrogens with zero attached hydrogens (tertiary/aromatic N) is 1. The molecule has 0 aromatic heterocycles. The van der Waals surface area contributed by atoms with E-state index >= 15 is 0 Å². The van der Waals surface area contributed by atoms with Crippen molar-refractivity contribution in [3.05, 3.63) is 59.2 Å². The van der Waals surface area contributed by atoms with Gasteiger partial charge in [0.15, 0.2) is 0 Å². The minimum atomic E-state index is -3.64. The smallest absolute Gasteiger partial charge is 0.240 e. The number of anilines is 1. The van der Waals surface area contributed by atoms with Crippen molar-refractivity contribution in [1.29, 1.82) is 0 Å². The van der Waals surface area contributed by atoms with Crippen LogP contribution in [0.5, 0.6) is 0 Å². The Morgan fingerprint density at radius 1 is 1.04 bits per heavy atom. The lowest BCUT2D eigenvalue weighted by molar-refractivity contribution is 0.182. The van der Waals surface area contributed by atoms with Crippen LogP contribution < -0.4 is 9.62 Å². The predicted molar refractivity (Wildman–Crippen MR) is 104 cm³/mol. The van der Waals surface area contributed by atoms with Crippen LogP contribution >= 0.6 is 0 Å². The van der Waals surface area contributed by atoms with Gasteiger partial charge in [0.1, 0.15) is 0 Å². The molecule has 140 valence electrons. The van der Waals surface area contributed by atoms with Crippen molar-refractivity contribution in [3.8, 4) is 0 Å². The van der Waals surface area contributed by atoms with Gasteiger partial charge in [-0.25, -0.2) is 13.1 Å². The highest BCUT2D eigenvalue weighted by Gasteiger charge is 2.19. The van der Waals surface area contributed by atoms with Crippen molar-refractivity contribution in [2.75, 3.05) is 25.5 Å². The minimum Gasteiger partial charge on any atom is -0.387 e. The standard InChI is InChI=1S/C20H26N2O3S/c1-22(2)18-10-7-16(8-11-18)20(23)14-21-26(24,25)19-12-9-15-5-3-4-6-17(15)13-19/h7-13,20-21,23H,3-6,14H2,1-2H3/t20-/m1/s1. The molecule has 26 heavy (non-hydrogen) atoms. The molecular formula is C20H26N2O3S. The number of sulfonamides is 1. The Balaban J connectivity index is 1.67. The van der Waals surface area contributed by atoms with Gasteiger partial charge in [0.25, 0.3) is 0 Å². The van der Waals surface area contributed by atoms with Gasteiger partial charge in [-0.3, -0.25) is 0 Å². The first-order chi connectivity index (χ1) is 12.4. The van der Waals surface area contributed by atoms with E-state index in [1.807, 2.05) is 49.3 Å². The molecule has 0 fully saturated rings. The van der Waals surface area contributed by atoms with Crippen LogP contribution in [-0.4, -0.2) is 34.2 Å². The van der Waals surface area contributed by atoms with Crippen LogP contribution in [0.25, 0.3) is 0 Å². The summed E-state index contributed by atoms with van der Waals surface area (Å²) in [6.07, 6.45) is 3.32. The van der Waals surface area contributed by atoms with E-state index < -0.39 is 16.1 Å². The molecule has 0 amide bonds. The maximum Gasteiger partial charge on any atom is 0.240 e. The second-order valence-electron chi connectivity index (χ2n) is 6.99. The Labute approximate surface area is 155 Å². The van der Waals surface area contributed by atoms with Crippen molar-refractivity contribution in [1.82, 2.24) is 4.72 Å². The predicted octanol–water partition coefficient (Wildman–Crippen LogP) is 2.64. The number of aliphatic hydroxyl groups excluding tert-OH is 1. The molecule has 0 radical (unpaired) electrons. The van der Waals surface area contributed by atoms with Crippen LogP contribution in [0.4, 0.5) is 5.69 Å². The quantitative estimate of drug-likeness (QED) is 0.816. The summed E-state index contributed by atoms with van der Waals surface area (Å²) in [6, 6.07) is 12.8. The number of hydrogen-bond acceptors (Lipinski definition) is 4. The molecule has 3 rings (SSSR count). The largest absolute Gasteiger partial charge is 0.387 e. The fourth-order valence-corrected chi connectivity index (χ4v) is 4.35. The van der Waals surface area contributed by atoms with Gasteiger partial charge in [-0.05, 0) is 66.6 Å². The molecule has 0 unspecified atom stereocenters. The fourth-order valence-electron chi connectivity index (χ4n) is 3.26. The maximum absolute atomic E-state index is 12.6. The summed E-state index contributed by atoms with van der Waals surface area (Å²) in [6.45, 7) is -0.0548. The fraction of sp³-hybridized carbons (Fsp3) is 0.400. The van der Waals surface area contributed by atoms with E-state index in [9.17, 15) is 13.5 Å². The first kappa shape index (κ1) is 18.9. The zero-order valence-corrected chi connectivity index (χ0v) is 16.1. The summed E-state index contributed by atoms with van der Waals surface area (Å²) < 4.78 is 27.7. The van der Waals surface area contributed by atoms with Gasteiger partial charge < -0.3 is 10.0 Å². The molecule has 1 aliphatic carbocycles. The lowest BCUT2D eigenvalue weighted by atomic mass is 9.92. The summed E-state index contributed by atoms with van der Waals surface area (Å²) in [7, 11) is 0.249. The molecule has 1 atom stereocenters. The van der Waals surface area contributed by atoms with Crippen LogP contribution in [0, 0.1) is 0 Å². The summed E-state index contributed by atoms with van der Waals surface area (Å²) in [5, 5.41) is 10.3. The Bertz CT molecular complexity index is 861. The number of benzene rings is 2. The van der Waals surface area contributed by atoms with Gasteiger partial charge in [0.05, 0.1) is 11.0 Å². The third kappa shape index (κ3) is 4.26. The Morgan fingerprint density at radius 3 is 2.35 bits per heavy atom. The highest BCUT2D eigenvalue weighted by atomic mass is 32.2. The van der Waals surface area contributed by atoms with E-state index in [4.69, 9.17) is 0 Å². The van der Waals surface area contributed by atoms with Gasteiger partial charge in [0.2, 0.25) is 10.0 Å². The zero-order valence-electron chi connectivity index (χ0n) is 15.3. The molecule has 0 spiro atoms. The molecule has 1 aliphatic rings. The lowest BCUT2D eigenvalue weighted by Gasteiger charge is -2.18. The van der Waals surface area contributed by atoms with Crippen LogP contribution in [0.15, 0.2) is 47.4 Å². The normalized spacial score (nSPS) is 15.3. The van der Waals surface area contributed by atoms with Crippen LogP contribution in [-0.2, 0) is 22.9 Å². The Kier molecular flexibility index (Phi) is 5.65. The molecule has 2 N–H and O–H groups in total. The van der Waals surface area contributed by atoms with Gasteiger partial charge in [0, 0.05) is 26.3 Å². The average Bonchev–Trinajstić information content (AvgIpc) is 2.65. The summed E-state index contributed by atoms with van der Waals surface area (Å²) >= 11 is 0. The number of aliphatic hydroxyl groups is 1. The molecule has 0 heterocycles. The molecule has 0 aliphatic heterocycles. The van der Waals surface area contributed by atoms with Crippen molar-refractivity contribution < 1.29 is 13.5 Å². The van der Waals surface area contributed by atoms with E-state index in [-0.39, 0.29) is 11.4 Å². The Morgan fingerprint density at radius 2 is 1.69 bits per heavy atom. The maximum atomic E-state index is 12.6. The highest BCUT2D eigenvalue weighted by Crippen LogP contribution is 2.24. The van der Waals surface area contributed by atoms with Gasteiger partial charge in [-0.15, -0.1) is 0 Å². The second-order valence-corrected chi connectivity index (χ2v) is 8.76. The van der Waals surface area contributed by atoms with Gasteiger partial charge in [-0.2, -0.15) is 0 Å².